The van der Waals surface area contributed by atoms with Gasteiger partial charge in [-0.05, 0) is 24.3 Å². The van der Waals surface area contributed by atoms with E-state index in [1.54, 1.807) is 24.5 Å². The molecule has 0 aromatic carbocycles. The van der Waals surface area contributed by atoms with Crippen molar-refractivity contribution in [3.05, 3.63) is 53.6 Å². The maximum atomic E-state index is 5.85. The fourth-order valence-electron chi connectivity index (χ4n) is 1.29. The van der Waals surface area contributed by atoms with Gasteiger partial charge in [-0.2, -0.15) is 0 Å². The van der Waals surface area contributed by atoms with E-state index >= 15 is 0 Å². The Hall–Kier alpha value is -1.61. The predicted molar refractivity (Wildman–Crippen MR) is 62.7 cm³/mol. The van der Waals surface area contributed by atoms with Gasteiger partial charge in [-0.3, -0.25) is 4.98 Å². The maximum absolute atomic E-state index is 5.85. The Balaban J connectivity index is 1.87. The van der Waals surface area contributed by atoms with E-state index in [-0.39, 0.29) is 0 Å². The van der Waals surface area contributed by atoms with Crippen LogP contribution in [-0.2, 0) is 6.42 Å². The Morgan fingerprint density at radius 3 is 2.69 bits per heavy atom. The topological polar surface area (TPSA) is 35.0 Å². The molecule has 0 fully saturated rings. The van der Waals surface area contributed by atoms with Gasteiger partial charge in [0, 0.05) is 24.5 Å². The van der Waals surface area contributed by atoms with Crippen molar-refractivity contribution in [2.75, 3.05) is 6.61 Å². The monoisotopic (exact) mass is 234 g/mol. The summed E-state index contributed by atoms with van der Waals surface area (Å²) in [7, 11) is 0. The van der Waals surface area contributed by atoms with Crippen LogP contribution in [0, 0.1) is 0 Å². The highest BCUT2D eigenvalue weighted by molar-refractivity contribution is 6.30. The minimum atomic E-state index is 0.392. The Bertz CT molecular complexity index is 448. The third-order valence-electron chi connectivity index (χ3n) is 2.07. The van der Waals surface area contributed by atoms with Crippen molar-refractivity contribution in [2.24, 2.45) is 0 Å². The summed E-state index contributed by atoms with van der Waals surface area (Å²) in [4.78, 5) is 8.13. The summed E-state index contributed by atoms with van der Waals surface area (Å²) in [5.41, 5.74) is 1.00. The second kappa shape index (κ2) is 5.47. The summed E-state index contributed by atoms with van der Waals surface area (Å²) in [5, 5.41) is 0.392. The van der Waals surface area contributed by atoms with Gasteiger partial charge in [0.25, 0.3) is 0 Å². The normalized spacial score (nSPS) is 10.1. The minimum Gasteiger partial charge on any atom is -0.490 e. The molecule has 0 radical (unpaired) electrons. The molecule has 0 aliphatic carbocycles. The summed E-state index contributed by atoms with van der Waals surface area (Å²) < 4.78 is 5.51. The van der Waals surface area contributed by atoms with Gasteiger partial charge in [-0.25, -0.2) is 4.98 Å². The second-order valence-electron chi connectivity index (χ2n) is 3.21. The molecule has 0 aliphatic rings. The molecule has 0 spiro atoms. The van der Waals surface area contributed by atoms with Crippen molar-refractivity contribution in [1.82, 2.24) is 9.97 Å². The molecule has 0 saturated heterocycles. The first-order valence-electron chi connectivity index (χ1n) is 4.99. The lowest BCUT2D eigenvalue weighted by atomic mass is 10.3. The number of halogens is 1. The maximum Gasteiger partial charge on any atom is 0.171 e. The Kier molecular flexibility index (Phi) is 3.72. The first kappa shape index (κ1) is 10.9. The van der Waals surface area contributed by atoms with E-state index in [0.29, 0.717) is 17.5 Å². The molecule has 16 heavy (non-hydrogen) atoms. The number of nitrogens with zero attached hydrogens (tertiary/aromatic N) is 2. The second-order valence-corrected chi connectivity index (χ2v) is 3.57. The van der Waals surface area contributed by atoms with Gasteiger partial charge in [0.05, 0.1) is 6.61 Å². The number of pyridine rings is 2. The van der Waals surface area contributed by atoms with Crippen LogP contribution >= 0.6 is 11.6 Å². The van der Waals surface area contributed by atoms with E-state index < -0.39 is 0 Å². The van der Waals surface area contributed by atoms with Crippen LogP contribution in [0.1, 0.15) is 5.69 Å². The van der Waals surface area contributed by atoms with Crippen LogP contribution < -0.4 is 4.74 Å². The van der Waals surface area contributed by atoms with Crippen LogP contribution in [0.15, 0.2) is 42.7 Å². The lowest BCUT2D eigenvalue weighted by Gasteiger charge is -2.06. The van der Waals surface area contributed by atoms with Gasteiger partial charge in [0.1, 0.15) is 0 Å². The molecule has 0 bridgehead atoms. The highest BCUT2D eigenvalue weighted by Gasteiger charge is 2.01. The molecule has 0 saturated carbocycles. The number of aromatic nitrogens is 2. The Labute approximate surface area is 99.1 Å². The van der Waals surface area contributed by atoms with Gasteiger partial charge in [-0.15, -0.1) is 0 Å². The summed E-state index contributed by atoms with van der Waals surface area (Å²) in [6.07, 6.45) is 4.16. The Morgan fingerprint density at radius 2 is 1.94 bits per heavy atom. The first-order chi connectivity index (χ1) is 7.86. The number of hydrogen-bond donors (Lipinski definition) is 0. The van der Waals surface area contributed by atoms with Crippen molar-refractivity contribution in [3.8, 4) is 5.75 Å². The molecule has 4 heteroatoms. The molecule has 3 nitrogen and oxygen atoms in total. The van der Waals surface area contributed by atoms with Crippen molar-refractivity contribution in [1.29, 1.82) is 0 Å². The van der Waals surface area contributed by atoms with E-state index in [0.717, 1.165) is 12.1 Å². The number of ether oxygens (including phenoxy) is 1. The SMILES string of the molecule is Clc1ncccc1OCCc1ccccn1. The van der Waals surface area contributed by atoms with Crippen molar-refractivity contribution < 1.29 is 4.74 Å². The van der Waals surface area contributed by atoms with E-state index in [1.165, 1.54) is 0 Å². The van der Waals surface area contributed by atoms with Crippen molar-refractivity contribution in [3.63, 3.8) is 0 Å². The molecule has 82 valence electrons. The lowest BCUT2D eigenvalue weighted by molar-refractivity contribution is 0.319. The standard InChI is InChI=1S/C12H11ClN2O/c13-12-11(5-3-8-15-12)16-9-6-10-4-1-2-7-14-10/h1-5,7-8H,6,9H2. The highest BCUT2D eigenvalue weighted by Crippen LogP contribution is 2.20. The predicted octanol–water partition coefficient (Wildman–Crippen LogP) is 2.75. The fourth-order valence-corrected chi connectivity index (χ4v) is 1.46. The molecular formula is C12H11ClN2O. The van der Waals surface area contributed by atoms with Crippen LogP contribution in [0.5, 0.6) is 5.75 Å². The van der Waals surface area contributed by atoms with E-state index in [1.807, 2.05) is 18.2 Å². The molecule has 0 N–H and O–H groups in total. The molecule has 2 rings (SSSR count). The van der Waals surface area contributed by atoms with Crippen LogP contribution in [0.25, 0.3) is 0 Å². The zero-order valence-corrected chi connectivity index (χ0v) is 9.39. The molecule has 2 aromatic rings. The van der Waals surface area contributed by atoms with Crippen LogP contribution in [0.4, 0.5) is 0 Å². The molecule has 0 amide bonds. The van der Waals surface area contributed by atoms with Crippen molar-refractivity contribution >= 4 is 11.6 Å². The molecule has 0 unspecified atom stereocenters. The minimum absolute atomic E-state index is 0.392. The molecule has 2 heterocycles. The smallest absolute Gasteiger partial charge is 0.171 e. The van der Waals surface area contributed by atoms with E-state index in [4.69, 9.17) is 16.3 Å². The molecule has 0 aliphatic heterocycles. The van der Waals surface area contributed by atoms with Crippen LogP contribution in [0.3, 0.4) is 0 Å². The van der Waals surface area contributed by atoms with E-state index in [2.05, 4.69) is 9.97 Å². The summed E-state index contributed by atoms with van der Waals surface area (Å²) >= 11 is 5.85. The average Bonchev–Trinajstić information content (AvgIpc) is 2.33. The molecular weight excluding hydrogens is 224 g/mol. The highest BCUT2D eigenvalue weighted by atomic mass is 35.5. The van der Waals surface area contributed by atoms with Gasteiger partial charge in [0.15, 0.2) is 10.9 Å². The molecule has 2 aromatic heterocycles. The quantitative estimate of drug-likeness (QED) is 0.763. The van der Waals surface area contributed by atoms with Gasteiger partial charge in [0.2, 0.25) is 0 Å². The summed E-state index contributed by atoms with van der Waals surface area (Å²) in [6, 6.07) is 9.41. The average molecular weight is 235 g/mol. The largest absolute Gasteiger partial charge is 0.490 e. The summed E-state index contributed by atoms with van der Waals surface area (Å²) in [6.45, 7) is 0.544. The zero-order chi connectivity index (χ0) is 11.2. The van der Waals surface area contributed by atoms with Gasteiger partial charge >= 0.3 is 0 Å². The summed E-state index contributed by atoms with van der Waals surface area (Å²) in [5.74, 6) is 0.611. The first-order valence-corrected chi connectivity index (χ1v) is 5.37. The number of rotatable bonds is 4. The third-order valence-corrected chi connectivity index (χ3v) is 2.35. The number of hydrogen-bond acceptors (Lipinski definition) is 3. The lowest BCUT2D eigenvalue weighted by Crippen LogP contribution is -2.03. The van der Waals surface area contributed by atoms with Gasteiger partial charge in [-0.1, -0.05) is 17.7 Å². The molecule has 0 atom stereocenters. The zero-order valence-electron chi connectivity index (χ0n) is 8.64. The van der Waals surface area contributed by atoms with Crippen LogP contribution in [0.2, 0.25) is 5.15 Å². The fraction of sp³-hybridized carbons (Fsp3) is 0.167. The third kappa shape index (κ3) is 2.94. The van der Waals surface area contributed by atoms with Crippen molar-refractivity contribution in [2.45, 2.75) is 6.42 Å². The Morgan fingerprint density at radius 1 is 1.06 bits per heavy atom. The van der Waals surface area contributed by atoms with E-state index in [9.17, 15) is 0 Å². The van der Waals surface area contributed by atoms with Crippen LogP contribution in [-0.4, -0.2) is 16.6 Å². The van der Waals surface area contributed by atoms with Gasteiger partial charge < -0.3 is 4.74 Å².